The number of hydrogen-bond donors (Lipinski definition) is 1. The number of thiophene rings is 1. The van der Waals surface area contributed by atoms with Crippen LogP contribution in [0.1, 0.15) is 10.4 Å². The molecule has 0 aliphatic heterocycles. The minimum Gasteiger partial charge on any atom is -0.457 e. The Labute approximate surface area is 205 Å². The Morgan fingerprint density at radius 2 is 1.57 bits per heavy atom. The van der Waals surface area contributed by atoms with E-state index in [1.807, 2.05) is 72.1 Å². The van der Waals surface area contributed by atoms with E-state index in [0.717, 1.165) is 10.6 Å². The van der Waals surface area contributed by atoms with Crippen LogP contribution >= 0.6 is 11.3 Å². The summed E-state index contributed by atoms with van der Waals surface area (Å²) in [5.41, 5.74) is 2.32. The molecule has 172 valence electrons. The van der Waals surface area contributed by atoms with Crippen molar-refractivity contribution >= 4 is 39.8 Å². The van der Waals surface area contributed by atoms with Gasteiger partial charge in [0.05, 0.1) is 21.7 Å². The third-order valence-corrected chi connectivity index (χ3v) is 6.05. The van der Waals surface area contributed by atoms with Gasteiger partial charge in [-0.15, -0.1) is 11.3 Å². The average Bonchev–Trinajstić information content (AvgIpc) is 3.44. The van der Waals surface area contributed by atoms with Crippen molar-refractivity contribution in [3.63, 3.8) is 0 Å². The number of carbonyl (C=O) groups is 2. The molecule has 6 nitrogen and oxygen atoms in total. The van der Waals surface area contributed by atoms with Gasteiger partial charge in [-0.05, 0) is 60.0 Å². The van der Waals surface area contributed by atoms with Gasteiger partial charge in [0, 0.05) is 11.1 Å². The van der Waals surface area contributed by atoms with Crippen molar-refractivity contribution in [2.45, 2.75) is 0 Å². The minimum absolute atomic E-state index is 0.370. The number of benzene rings is 3. The maximum atomic E-state index is 12.9. The third-order valence-electron chi connectivity index (χ3n) is 5.16. The van der Waals surface area contributed by atoms with Gasteiger partial charge < -0.3 is 14.8 Å². The van der Waals surface area contributed by atoms with Crippen LogP contribution in [0.25, 0.3) is 21.5 Å². The fourth-order valence-electron chi connectivity index (χ4n) is 3.53. The summed E-state index contributed by atoms with van der Waals surface area (Å²) in [6.45, 7) is -0.411. The second-order valence-corrected chi connectivity index (χ2v) is 8.56. The number of esters is 1. The van der Waals surface area contributed by atoms with Gasteiger partial charge >= 0.3 is 5.97 Å². The predicted molar refractivity (Wildman–Crippen MR) is 137 cm³/mol. The Kier molecular flexibility index (Phi) is 6.50. The van der Waals surface area contributed by atoms with Gasteiger partial charge in [-0.1, -0.05) is 42.5 Å². The van der Waals surface area contributed by atoms with Crippen molar-refractivity contribution in [2.24, 2.45) is 0 Å². The van der Waals surface area contributed by atoms with Crippen molar-refractivity contribution in [2.75, 3.05) is 11.9 Å². The summed E-state index contributed by atoms with van der Waals surface area (Å²) in [5, 5.41) is 5.35. The molecule has 35 heavy (non-hydrogen) atoms. The Bertz CT molecular complexity index is 1470. The first kappa shape index (κ1) is 22.3. The molecule has 2 aromatic heterocycles. The van der Waals surface area contributed by atoms with Crippen molar-refractivity contribution in [3.05, 3.63) is 108 Å². The van der Waals surface area contributed by atoms with Gasteiger partial charge in [0.1, 0.15) is 11.5 Å². The van der Waals surface area contributed by atoms with E-state index in [4.69, 9.17) is 9.47 Å². The first-order valence-electron chi connectivity index (χ1n) is 10.9. The van der Waals surface area contributed by atoms with Crippen LogP contribution in [0.5, 0.6) is 11.5 Å². The SMILES string of the molecule is O=C(COC(=O)c1cc(-c2cccs2)nc2ccccc12)Nc1ccc(Oc2ccccc2)cc1. The summed E-state index contributed by atoms with van der Waals surface area (Å²) in [7, 11) is 0. The molecule has 5 aromatic rings. The van der Waals surface area contributed by atoms with E-state index in [9.17, 15) is 9.59 Å². The summed E-state index contributed by atoms with van der Waals surface area (Å²) in [4.78, 5) is 30.9. The molecular formula is C28H20N2O4S. The summed E-state index contributed by atoms with van der Waals surface area (Å²) in [6.07, 6.45) is 0. The zero-order valence-electron chi connectivity index (χ0n) is 18.5. The van der Waals surface area contributed by atoms with E-state index in [0.29, 0.717) is 33.6 Å². The number of carbonyl (C=O) groups excluding carboxylic acids is 2. The number of rotatable bonds is 7. The number of pyridine rings is 1. The molecule has 0 bridgehead atoms. The lowest BCUT2D eigenvalue weighted by atomic mass is 10.1. The van der Waals surface area contributed by atoms with Gasteiger partial charge in [-0.2, -0.15) is 0 Å². The van der Waals surface area contributed by atoms with Gasteiger partial charge in [0.2, 0.25) is 0 Å². The maximum Gasteiger partial charge on any atom is 0.339 e. The zero-order chi connectivity index (χ0) is 24.0. The number of nitrogens with zero attached hydrogens (tertiary/aromatic N) is 1. The highest BCUT2D eigenvalue weighted by Crippen LogP contribution is 2.28. The van der Waals surface area contributed by atoms with Crippen LogP contribution in [-0.4, -0.2) is 23.5 Å². The van der Waals surface area contributed by atoms with E-state index in [1.54, 1.807) is 30.3 Å². The van der Waals surface area contributed by atoms with Gasteiger partial charge in [-0.25, -0.2) is 9.78 Å². The van der Waals surface area contributed by atoms with Crippen LogP contribution in [0.3, 0.4) is 0 Å². The number of ether oxygens (including phenoxy) is 2. The van der Waals surface area contributed by atoms with Crippen LogP contribution in [0.4, 0.5) is 5.69 Å². The number of hydrogen-bond acceptors (Lipinski definition) is 6. The quantitative estimate of drug-likeness (QED) is 0.267. The second kappa shape index (κ2) is 10.2. The number of amides is 1. The van der Waals surface area contributed by atoms with Crippen molar-refractivity contribution in [3.8, 4) is 22.1 Å². The van der Waals surface area contributed by atoms with E-state index < -0.39 is 18.5 Å². The molecule has 0 spiro atoms. The van der Waals surface area contributed by atoms with E-state index in [-0.39, 0.29) is 0 Å². The molecule has 0 aliphatic rings. The van der Waals surface area contributed by atoms with E-state index >= 15 is 0 Å². The Morgan fingerprint density at radius 1 is 0.829 bits per heavy atom. The van der Waals surface area contributed by atoms with Crippen LogP contribution in [0.15, 0.2) is 102 Å². The standard InChI is InChI=1S/C28H20N2O4S/c31-27(29-19-12-14-21(15-13-19)34-20-7-2-1-3-8-20)18-33-28(32)23-17-25(26-11-6-16-35-26)30-24-10-5-4-9-22(23)24/h1-17H,18H2,(H,29,31). The molecule has 5 rings (SSSR count). The molecule has 0 radical (unpaired) electrons. The maximum absolute atomic E-state index is 12.9. The second-order valence-electron chi connectivity index (χ2n) is 7.61. The molecule has 0 atom stereocenters. The normalized spacial score (nSPS) is 10.6. The number of aromatic nitrogens is 1. The Balaban J connectivity index is 1.24. The largest absolute Gasteiger partial charge is 0.457 e. The van der Waals surface area contributed by atoms with Crippen LogP contribution in [0.2, 0.25) is 0 Å². The molecular weight excluding hydrogens is 460 g/mol. The average molecular weight is 481 g/mol. The fraction of sp³-hybridized carbons (Fsp3) is 0.0357. The lowest BCUT2D eigenvalue weighted by Gasteiger charge is -2.10. The van der Waals surface area contributed by atoms with Gasteiger partial charge in [-0.3, -0.25) is 4.79 Å². The van der Waals surface area contributed by atoms with Crippen LogP contribution < -0.4 is 10.1 Å². The van der Waals surface area contributed by atoms with Crippen molar-refractivity contribution in [1.82, 2.24) is 4.98 Å². The van der Waals surface area contributed by atoms with Crippen LogP contribution in [-0.2, 0) is 9.53 Å². The summed E-state index contributed by atoms with van der Waals surface area (Å²) < 4.78 is 11.1. The first-order valence-corrected chi connectivity index (χ1v) is 11.8. The first-order chi connectivity index (χ1) is 17.2. The molecule has 0 saturated carbocycles. The predicted octanol–water partition coefficient (Wildman–Crippen LogP) is 6.55. The Hall–Kier alpha value is -4.49. The molecule has 0 unspecified atom stereocenters. The zero-order valence-corrected chi connectivity index (χ0v) is 19.3. The number of fused-ring (bicyclic) bond motifs is 1. The van der Waals surface area contributed by atoms with Crippen molar-refractivity contribution < 1.29 is 19.1 Å². The van der Waals surface area contributed by atoms with Crippen LogP contribution in [0, 0.1) is 0 Å². The van der Waals surface area contributed by atoms with Gasteiger partial charge in [0.25, 0.3) is 5.91 Å². The number of nitrogens with one attached hydrogen (secondary N) is 1. The number of anilines is 1. The summed E-state index contributed by atoms with van der Waals surface area (Å²) in [6, 6.07) is 29.3. The highest BCUT2D eigenvalue weighted by Gasteiger charge is 2.17. The molecule has 7 heteroatoms. The van der Waals surface area contributed by atoms with E-state index in [1.165, 1.54) is 11.3 Å². The highest BCUT2D eigenvalue weighted by molar-refractivity contribution is 7.13. The summed E-state index contributed by atoms with van der Waals surface area (Å²) >= 11 is 1.54. The molecule has 0 saturated heterocycles. The third kappa shape index (κ3) is 5.37. The molecule has 3 aromatic carbocycles. The van der Waals surface area contributed by atoms with Gasteiger partial charge in [0.15, 0.2) is 6.61 Å². The topological polar surface area (TPSA) is 77.5 Å². The van der Waals surface area contributed by atoms with Crippen molar-refractivity contribution in [1.29, 1.82) is 0 Å². The molecule has 0 aliphatic carbocycles. The number of para-hydroxylation sites is 2. The molecule has 0 fully saturated rings. The highest BCUT2D eigenvalue weighted by atomic mass is 32.1. The minimum atomic E-state index is -0.580. The molecule has 2 heterocycles. The molecule has 1 amide bonds. The van der Waals surface area contributed by atoms with E-state index in [2.05, 4.69) is 10.3 Å². The monoisotopic (exact) mass is 480 g/mol. The lowest BCUT2D eigenvalue weighted by Crippen LogP contribution is -2.21. The fourth-order valence-corrected chi connectivity index (χ4v) is 4.22. The summed E-state index contributed by atoms with van der Waals surface area (Å²) in [5.74, 6) is 0.351. The molecule has 1 N–H and O–H groups in total. The Morgan fingerprint density at radius 3 is 2.34 bits per heavy atom. The smallest absolute Gasteiger partial charge is 0.339 e. The lowest BCUT2D eigenvalue weighted by molar-refractivity contribution is -0.119.